The predicted octanol–water partition coefficient (Wildman–Crippen LogP) is 3.45. The Balaban J connectivity index is 1.56. The summed E-state index contributed by atoms with van der Waals surface area (Å²) in [6, 6.07) is 14.2. The van der Waals surface area contributed by atoms with Gasteiger partial charge >= 0.3 is 5.69 Å². The van der Waals surface area contributed by atoms with Crippen molar-refractivity contribution >= 4 is 5.91 Å². The van der Waals surface area contributed by atoms with Crippen molar-refractivity contribution in [3.63, 3.8) is 0 Å². The quantitative estimate of drug-likeness (QED) is 0.724. The Labute approximate surface area is 169 Å². The van der Waals surface area contributed by atoms with Crippen molar-refractivity contribution in [1.29, 1.82) is 0 Å². The first-order chi connectivity index (χ1) is 13.9. The Kier molecular flexibility index (Phi) is 4.78. The molecule has 1 N–H and O–H groups in total. The third-order valence-corrected chi connectivity index (χ3v) is 5.54. The minimum Gasteiger partial charge on any atom is -0.493 e. The number of rotatable bonds is 5. The number of hydrogen-bond acceptors (Lipinski definition) is 3. The number of nitrogens with zero attached hydrogens (tertiary/aromatic N) is 3. The average molecular weight is 391 g/mol. The Morgan fingerprint density at radius 1 is 1.03 bits per heavy atom. The van der Waals surface area contributed by atoms with Crippen LogP contribution in [0.5, 0.6) is 5.88 Å². The summed E-state index contributed by atoms with van der Waals surface area (Å²) < 4.78 is 2.84. The van der Waals surface area contributed by atoms with Gasteiger partial charge in [-0.05, 0) is 55.2 Å². The molecule has 6 nitrogen and oxygen atoms in total. The van der Waals surface area contributed by atoms with Crippen molar-refractivity contribution in [2.45, 2.75) is 46.4 Å². The smallest absolute Gasteiger partial charge is 0.331 e. The lowest BCUT2D eigenvalue weighted by Gasteiger charge is -2.19. The zero-order valence-corrected chi connectivity index (χ0v) is 16.9. The van der Waals surface area contributed by atoms with Crippen LogP contribution in [0, 0.1) is 0 Å². The maximum Gasteiger partial charge on any atom is 0.331 e. The van der Waals surface area contributed by atoms with Crippen molar-refractivity contribution < 1.29 is 9.90 Å². The van der Waals surface area contributed by atoms with Crippen LogP contribution in [0.25, 0.3) is 11.1 Å². The number of amides is 1. The number of carbonyl (C=O) groups excluding carboxylic acids is 1. The molecule has 6 heteroatoms. The van der Waals surface area contributed by atoms with E-state index in [9.17, 15) is 14.7 Å². The largest absolute Gasteiger partial charge is 0.493 e. The second-order valence-electron chi connectivity index (χ2n) is 7.74. The van der Waals surface area contributed by atoms with Gasteiger partial charge in [-0.3, -0.25) is 13.9 Å². The van der Waals surface area contributed by atoms with Gasteiger partial charge in [0.2, 0.25) is 5.88 Å². The van der Waals surface area contributed by atoms with Gasteiger partial charge < -0.3 is 10.0 Å². The van der Waals surface area contributed by atoms with Crippen LogP contribution in [0.15, 0.2) is 53.5 Å². The van der Waals surface area contributed by atoms with E-state index in [0.717, 1.165) is 27.8 Å². The van der Waals surface area contributed by atoms with Crippen molar-refractivity contribution in [3.05, 3.63) is 75.8 Å². The lowest BCUT2D eigenvalue weighted by atomic mass is 9.99. The van der Waals surface area contributed by atoms with Gasteiger partial charge in [-0.1, -0.05) is 30.3 Å². The van der Waals surface area contributed by atoms with Crippen LogP contribution in [-0.2, 0) is 19.6 Å². The van der Waals surface area contributed by atoms with Gasteiger partial charge in [-0.2, -0.15) is 0 Å². The summed E-state index contributed by atoms with van der Waals surface area (Å²) in [5.74, 6) is 0.0851. The van der Waals surface area contributed by atoms with E-state index in [2.05, 4.69) is 6.07 Å². The lowest BCUT2D eigenvalue weighted by molar-refractivity contribution is 0.0730. The average Bonchev–Trinajstić information content (AvgIpc) is 3.18. The second kappa shape index (κ2) is 7.28. The molecule has 1 aliphatic rings. The molecule has 0 aliphatic carbocycles. The molecule has 1 amide bonds. The highest BCUT2D eigenvalue weighted by molar-refractivity contribution is 5.99. The molecule has 0 saturated heterocycles. The summed E-state index contributed by atoms with van der Waals surface area (Å²) >= 11 is 0. The number of hydrogen-bond donors (Lipinski definition) is 1. The number of carbonyl (C=O) groups is 1. The highest BCUT2D eigenvalue weighted by atomic mass is 16.3. The van der Waals surface area contributed by atoms with Gasteiger partial charge in [0.05, 0.1) is 12.7 Å². The monoisotopic (exact) mass is 391 g/mol. The zero-order chi connectivity index (χ0) is 20.7. The highest BCUT2D eigenvalue weighted by Gasteiger charge is 2.29. The van der Waals surface area contributed by atoms with Crippen LogP contribution in [0.2, 0.25) is 0 Å². The Bertz CT molecular complexity index is 1120. The van der Waals surface area contributed by atoms with Crippen LogP contribution in [0.3, 0.4) is 0 Å². The van der Waals surface area contributed by atoms with Crippen LogP contribution < -0.4 is 5.69 Å². The van der Waals surface area contributed by atoms with E-state index in [1.165, 1.54) is 15.3 Å². The van der Waals surface area contributed by atoms with Gasteiger partial charge in [-0.25, -0.2) is 4.79 Å². The van der Waals surface area contributed by atoms with Gasteiger partial charge in [0, 0.05) is 24.7 Å². The van der Waals surface area contributed by atoms with E-state index in [1.807, 2.05) is 62.1 Å². The van der Waals surface area contributed by atoms with Gasteiger partial charge in [0.1, 0.15) is 0 Å². The molecule has 1 aromatic heterocycles. The molecule has 0 unspecified atom stereocenters. The molecule has 0 spiro atoms. The fourth-order valence-corrected chi connectivity index (χ4v) is 3.87. The summed E-state index contributed by atoms with van der Waals surface area (Å²) in [6.07, 6.45) is 1.47. The first-order valence-corrected chi connectivity index (χ1v) is 9.91. The van der Waals surface area contributed by atoms with Crippen LogP contribution in [0.1, 0.15) is 42.3 Å². The Morgan fingerprint density at radius 2 is 1.72 bits per heavy atom. The summed E-state index contributed by atoms with van der Waals surface area (Å²) in [5, 5.41) is 9.85. The number of imidazole rings is 1. The molecule has 0 bridgehead atoms. The van der Waals surface area contributed by atoms with Crippen molar-refractivity contribution in [2.75, 3.05) is 0 Å². The maximum atomic E-state index is 12.5. The molecule has 0 atom stereocenters. The van der Waals surface area contributed by atoms with Crippen LogP contribution in [0.4, 0.5) is 0 Å². The molecule has 1 aliphatic heterocycles. The molecule has 0 fully saturated rings. The van der Waals surface area contributed by atoms with Gasteiger partial charge in [0.25, 0.3) is 5.91 Å². The summed E-state index contributed by atoms with van der Waals surface area (Å²) in [6.45, 7) is 7.38. The molecular weight excluding hydrogens is 366 g/mol. The number of fused-ring (bicyclic) bond motifs is 1. The predicted molar refractivity (Wildman–Crippen MR) is 112 cm³/mol. The number of aromatic nitrogens is 2. The van der Waals surface area contributed by atoms with E-state index in [0.29, 0.717) is 19.6 Å². The Hall–Kier alpha value is -3.28. The second-order valence-corrected chi connectivity index (χ2v) is 7.74. The van der Waals surface area contributed by atoms with Crippen molar-refractivity contribution in [3.8, 4) is 17.0 Å². The highest BCUT2D eigenvalue weighted by Crippen LogP contribution is 2.29. The number of benzene rings is 2. The van der Waals surface area contributed by atoms with E-state index in [-0.39, 0.29) is 23.5 Å². The zero-order valence-electron chi connectivity index (χ0n) is 16.9. The Morgan fingerprint density at radius 3 is 2.34 bits per heavy atom. The molecule has 2 heterocycles. The standard InChI is InChI=1S/C23H25N3O3/c1-4-25-21(27)14-24(23(25)29)12-16-5-7-17(8-6-16)18-9-10-20-19(11-18)13-26(15(2)3)22(20)28/h5-11,14-15,27H,4,12-13H2,1-3H3. The molecular formula is C23H25N3O3. The fraction of sp³-hybridized carbons (Fsp3) is 0.304. The summed E-state index contributed by atoms with van der Waals surface area (Å²) in [5.41, 5.74) is 4.75. The maximum absolute atomic E-state index is 12.5. The van der Waals surface area contributed by atoms with Gasteiger partial charge in [-0.15, -0.1) is 0 Å². The van der Waals surface area contributed by atoms with Gasteiger partial charge in [0.15, 0.2) is 0 Å². The minimum atomic E-state index is -0.216. The number of aromatic hydroxyl groups is 1. The third kappa shape index (κ3) is 3.35. The molecule has 2 aromatic carbocycles. The SMILES string of the molecule is CCn1c(O)cn(Cc2ccc(-c3ccc4c(c3)CN(C(C)C)C4=O)cc2)c1=O. The fourth-order valence-electron chi connectivity index (χ4n) is 3.87. The van der Waals surface area contributed by atoms with E-state index in [1.54, 1.807) is 0 Å². The van der Waals surface area contributed by atoms with Crippen LogP contribution in [-0.4, -0.2) is 31.1 Å². The summed E-state index contributed by atoms with van der Waals surface area (Å²) in [7, 11) is 0. The lowest BCUT2D eigenvalue weighted by Crippen LogP contribution is -2.30. The van der Waals surface area contributed by atoms with E-state index in [4.69, 9.17) is 0 Å². The van der Waals surface area contributed by atoms with Crippen molar-refractivity contribution in [2.24, 2.45) is 0 Å². The van der Waals surface area contributed by atoms with Crippen molar-refractivity contribution in [1.82, 2.24) is 14.0 Å². The molecule has 3 aromatic rings. The first kappa shape index (κ1) is 19.1. The third-order valence-electron chi connectivity index (χ3n) is 5.54. The van der Waals surface area contributed by atoms with E-state index >= 15 is 0 Å². The molecule has 4 rings (SSSR count). The molecule has 0 radical (unpaired) electrons. The van der Waals surface area contributed by atoms with E-state index < -0.39 is 0 Å². The molecule has 150 valence electrons. The topological polar surface area (TPSA) is 67.5 Å². The molecule has 29 heavy (non-hydrogen) atoms. The summed E-state index contributed by atoms with van der Waals surface area (Å²) in [4.78, 5) is 26.6. The normalized spacial score (nSPS) is 13.4. The van der Waals surface area contributed by atoms with Crippen LogP contribution >= 0.6 is 0 Å². The minimum absolute atomic E-state index is 0.0164. The first-order valence-electron chi connectivity index (χ1n) is 9.91. The molecule has 0 saturated carbocycles.